The van der Waals surface area contributed by atoms with Crippen LogP contribution in [-0.4, -0.2) is 50.0 Å². The zero-order valence-corrected chi connectivity index (χ0v) is 17.3. The molecule has 0 N–H and O–H groups in total. The minimum Gasteiger partial charge on any atom is -0.486 e. The molecule has 2 heterocycles. The van der Waals surface area contributed by atoms with E-state index in [1.165, 1.54) is 30.7 Å². The number of aromatic nitrogens is 3. The summed E-state index contributed by atoms with van der Waals surface area (Å²) < 4.78 is 7.74. The first kappa shape index (κ1) is 20.4. The smallest absolute Gasteiger partial charge is 0.310 e. The van der Waals surface area contributed by atoms with Gasteiger partial charge in [0.2, 0.25) is 0 Å². The van der Waals surface area contributed by atoms with Crippen LogP contribution < -0.4 is 4.74 Å². The van der Waals surface area contributed by atoms with Crippen LogP contribution in [0.1, 0.15) is 18.7 Å². The van der Waals surface area contributed by atoms with E-state index in [2.05, 4.69) is 19.7 Å². The molecule has 0 saturated carbocycles. The molecule has 3 aromatic rings. The Kier molecular flexibility index (Phi) is 6.60. The molecule has 2 aromatic carbocycles. The summed E-state index contributed by atoms with van der Waals surface area (Å²) in [5, 5.41) is 20.8. The Morgan fingerprint density at radius 3 is 2.53 bits per heavy atom. The zero-order valence-electron chi connectivity index (χ0n) is 16.5. The lowest BCUT2D eigenvalue weighted by molar-refractivity contribution is -0.385. The number of nitro groups is 1. The van der Waals surface area contributed by atoms with Gasteiger partial charge in [-0.05, 0) is 44.1 Å². The number of benzene rings is 2. The molecular weight excluding hydrogens is 402 g/mol. The van der Waals surface area contributed by atoms with Gasteiger partial charge in [0.1, 0.15) is 0 Å². The van der Waals surface area contributed by atoms with Crippen LogP contribution in [0.4, 0.5) is 5.69 Å². The number of nitro benzene ring substituents is 1. The predicted molar refractivity (Wildman–Crippen MR) is 115 cm³/mol. The van der Waals surface area contributed by atoms with E-state index < -0.39 is 4.92 Å². The lowest BCUT2D eigenvalue weighted by Gasteiger charge is -2.16. The molecule has 4 rings (SSSR count). The van der Waals surface area contributed by atoms with Crippen LogP contribution >= 0.6 is 11.8 Å². The number of hydrogen-bond acceptors (Lipinski definition) is 7. The molecule has 1 aliphatic rings. The Hall–Kier alpha value is -2.91. The van der Waals surface area contributed by atoms with E-state index in [1.54, 1.807) is 18.2 Å². The highest BCUT2D eigenvalue weighted by molar-refractivity contribution is 7.99. The van der Waals surface area contributed by atoms with Crippen molar-refractivity contribution in [1.29, 1.82) is 0 Å². The van der Waals surface area contributed by atoms with Crippen LogP contribution in [0.3, 0.4) is 0 Å². The molecule has 1 saturated heterocycles. The van der Waals surface area contributed by atoms with Crippen molar-refractivity contribution in [2.75, 3.05) is 25.4 Å². The van der Waals surface area contributed by atoms with Gasteiger partial charge >= 0.3 is 5.69 Å². The Bertz CT molecular complexity index is 989. The van der Waals surface area contributed by atoms with Gasteiger partial charge in [-0.15, -0.1) is 10.2 Å². The Morgan fingerprint density at radius 1 is 1.03 bits per heavy atom. The minimum atomic E-state index is -0.431. The summed E-state index contributed by atoms with van der Waals surface area (Å²) in [6.07, 6.45) is 2.45. The molecule has 0 bridgehead atoms. The van der Waals surface area contributed by atoms with Gasteiger partial charge in [0.05, 0.1) is 18.1 Å². The van der Waals surface area contributed by atoms with Gasteiger partial charge in [-0.2, -0.15) is 0 Å². The number of nitrogens with zero attached hydrogens (tertiary/aromatic N) is 5. The summed E-state index contributed by atoms with van der Waals surface area (Å²) in [6, 6.07) is 16.5. The molecule has 0 aliphatic carbocycles. The van der Waals surface area contributed by atoms with E-state index in [9.17, 15) is 10.1 Å². The summed E-state index contributed by atoms with van der Waals surface area (Å²) >= 11 is 1.53. The Morgan fingerprint density at radius 2 is 1.77 bits per heavy atom. The van der Waals surface area contributed by atoms with Crippen molar-refractivity contribution in [3.8, 4) is 11.4 Å². The molecule has 1 aromatic heterocycles. The first-order valence-corrected chi connectivity index (χ1v) is 10.9. The molecule has 0 radical (unpaired) electrons. The van der Waals surface area contributed by atoms with Gasteiger partial charge < -0.3 is 4.74 Å². The number of thioether (sulfide) groups is 1. The quantitative estimate of drug-likeness (QED) is 0.222. The lowest BCUT2D eigenvalue weighted by Crippen LogP contribution is -2.21. The Labute approximate surface area is 179 Å². The zero-order chi connectivity index (χ0) is 20.8. The van der Waals surface area contributed by atoms with Crippen LogP contribution in [0.5, 0.6) is 5.75 Å². The fourth-order valence-corrected chi connectivity index (χ4v) is 4.28. The first-order valence-electron chi connectivity index (χ1n) is 9.93. The van der Waals surface area contributed by atoms with Crippen LogP contribution in [0, 0.1) is 10.1 Å². The molecular formula is C21H23N5O3S. The maximum Gasteiger partial charge on any atom is 0.310 e. The van der Waals surface area contributed by atoms with Crippen molar-refractivity contribution in [3.63, 3.8) is 0 Å². The van der Waals surface area contributed by atoms with Gasteiger partial charge in [0.15, 0.2) is 16.7 Å². The topological polar surface area (TPSA) is 86.3 Å². The summed E-state index contributed by atoms with van der Waals surface area (Å²) in [5.41, 5.74) is 1.00. The highest BCUT2D eigenvalue weighted by Gasteiger charge is 2.19. The third-order valence-electron chi connectivity index (χ3n) is 4.91. The minimum absolute atomic E-state index is 0.0251. The van der Waals surface area contributed by atoms with E-state index >= 15 is 0 Å². The number of rotatable bonds is 9. The van der Waals surface area contributed by atoms with Crippen molar-refractivity contribution in [1.82, 2.24) is 19.7 Å². The third-order valence-corrected chi connectivity index (χ3v) is 5.81. The van der Waals surface area contributed by atoms with Gasteiger partial charge in [-0.3, -0.25) is 19.6 Å². The molecule has 0 atom stereocenters. The average molecular weight is 426 g/mol. The largest absolute Gasteiger partial charge is 0.486 e. The Balaban J connectivity index is 1.45. The molecule has 1 fully saturated rings. The maximum atomic E-state index is 11.1. The summed E-state index contributed by atoms with van der Waals surface area (Å²) in [5.74, 6) is 1.80. The van der Waals surface area contributed by atoms with Crippen LogP contribution in [0.25, 0.3) is 5.69 Å². The van der Waals surface area contributed by atoms with Crippen molar-refractivity contribution < 1.29 is 9.66 Å². The number of para-hydroxylation sites is 3. The van der Waals surface area contributed by atoms with E-state index in [1.807, 2.05) is 30.3 Å². The van der Waals surface area contributed by atoms with Crippen LogP contribution in [0.15, 0.2) is 59.8 Å². The molecule has 0 spiro atoms. The van der Waals surface area contributed by atoms with Crippen LogP contribution in [0.2, 0.25) is 0 Å². The molecule has 156 valence electrons. The van der Waals surface area contributed by atoms with Gasteiger partial charge in [0, 0.05) is 17.5 Å². The lowest BCUT2D eigenvalue weighted by atomic mass is 10.3. The third kappa shape index (κ3) is 4.80. The normalized spacial score (nSPS) is 14.1. The van der Waals surface area contributed by atoms with Gasteiger partial charge in [0.25, 0.3) is 0 Å². The monoisotopic (exact) mass is 425 g/mol. The van der Waals surface area contributed by atoms with Gasteiger partial charge in [-0.1, -0.05) is 42.1 Å². The second-order valence-electron chi connectivity index (χ2n) is 6.97. The highest BCUT2D eigenvalue weighted by atomic mass is 32.2. The fraction of sp³-hybridized carbons (Fsp3) is 0.333. The van der Waals surface area contributed by atoms with E-state index in [4.69, 9.17) is 4.74 Å². The number of hydrogen-bond donors (Lipinski definition) is 0. The summed E-state index contributed by atoms with van der Waals surface area (Å²) in [4.78, 5) is 13.1. The van der Waals surface area contributed by atoms with Crippen molar-refractivity contribution in [3.05, 3.63) is 70.5 Å². The predicted octanol–water partition coefficient (Wildman–Crippen LogP) is 3.94. The SMILES string of the molecule is O=[N+]([O-])c1ccccc1OCCSc1nnc(CN2CCCC2)n1-c1ccccc1. The van der Waals surface area contributed by atoms with Crippen molar-refractivity contribution in [2.24, 2.45) is 0 Å². The number of ether oxygens (including phenoxy) is 1. The van der Waals surface area contributed by atoms with E-state index in [0.29, 0.717) is 12.4 Å². The van der Waals surface area contributed by atoms with Gasteiger partial charge in [-0.25, -0.2) is 0 Å². The van der Waals surface area contributed by atoms with E-state index in [0.717, 1.165) is 36.3 Å². The average Bonchev–Trinajstić information content (AvgIpc) is 3.42. The fourth-order valence-electron chi connectivity index (χ4n) is 3.49. The number of likely N-dealkylation sites (tertiary alicyclic amines) is 1. The molecule has 8 nitrogen and oxygen atoms in total. The molecule has 0 unspecified atom stereocenters. The maximum absolute atomic E-state index is 11.1. The summed E-state index contributed by atoms with van der Waals surface area (Å²) in [6.45, 7) is 3.29. The highest BCUT2D eigenvalue weighted by Crippen LogP contribution is 2.27. The van der Waals surface area contributed by atoms with Crippen molar-refractivity contribution in [2.45, 2.75) is 24.5 Å². The first-order chi connectivity index (χ1) is 14.7. The summed E-state index contributed by atoms with van der Waals surface area (Å²) in [7, 11) is 0. The van der Waals surface area contributed by atoms with Crippen molar-refractivity contribution >= 4 is 17.4 Å². The molecule has 1 aliphatic heterocycles. The molecule has 0 amide bonds. The van der Waals surface area contributed by atoms with E-state index in [-0.39, 0.29) is 11.4 Å². The second kappa shape index (κ2) is 9.73. The molecule has 30 heavy (non-hydrogen) atoms. The second-order valence-corrected chi connectivity index (χ2v) is 8.04. The molecule has 9 heteroatoms. The standard InChI is InChI=1S/C21H23N5O3S/c27-26(28)18-10-4-5-11-19(18)29-14-15-30-21-23-22-20(16-24-12-6-7-13-24)25(21)17-8-2-1-3-9-17/h1-5,8-11H,6-7,12-16H2. The van der Waals surface area contributed by atoms with Crippen LogP contribution in [-0.2, 0) is 6.54 Å².